The Kier molecular flexibility index (Phi) is 5.58. The van der Waals surface area contributed by atoms with Crippen molar-refractivity contribution in [1.29, 1.82) is 0 Å². The predicted octanol–water partition coefficient (Wildman–Crippen LogP) is 4.11. The number of halogens is 1. The molecule has 1 aliphatic heterocycles. The van der Waals surface area contributed by atoms with Crippen LogP contribution in [0.25, 0.3) is 16.6 Å². The van der Waals surface area contributed by atoms with Crippen molar-refractivity contribution in [3.8, 4) is 5.69 Å². The van der Waals surface area contributed by atoms with E-state index in [9.17, 15) is 24.1 Å². The summed E-state index contributed by atoms with van der Waals surface area (Å²) in [4.78, 5) is 43.0. The van der Waals surface area contributed by atoms with Crippen molar-refractivity contribution in [2.24, 2.45) is 0 Å². The maximum atomic E-state index is 14.6. The summed E-state index contributed by atoms with van der Waals surface area (Å²) in [5, 5.41) is 11.6. The summed E-state index contributed by atoms with van der Waals surface area (Å²) in [5.74, 6) is -0.861. The van der Waals surface area contributed by atoms with Crippen molar-refractivity contribution in [1.82, 2.24) is 9.55 Å². The molecule has 0 unspecified atom stereocenters. The van der Waals surface area contributed by atoms with E-state index >= 15 is 0 Å². The molecule has 170 valence electrons. The number of carbonyl (C=O) groups is 1. The van der Waals surface area contributed by atoms with Crippen molar-refractivity contribution < 1.29 is 14.1 Å². The molecule has 1 aliphatic rings. The molecule has 0 fully saturated rings. The summed E-state index contributed by atoms with van der Waals surface area (Å²) in [5.41, 5.74) is 1.43. The van der Waals surface area contributed by atoms with E-state index in [4.69, 9.17) is 0 Å². The molecule has 1 aromatic heterocycles. The van der Waals surface area contributed by atoms with Crippen LogP contribution < -0.4 is 10.5 Å². The fourth-order valence-electron chi connectivity index (χ4n) is 4.02. The summed E-state index contributed by atoms with van der Waals surface area (Å²) in [6, 6.07) is 17.1. The topological polar surface area (TPSA) is 98.3 Å². The van der Waals surface area contributed by atoms with Crippen molar-refractivity contribution in [3.63, 3.8) is 0 Å². The molecule has 0 spiro atoms. The molecule has 34 heavy (non-hydrogen) atoms. The maximum absolute atomic E-state index is 14.6. The number of hydrogen-bond donors (Lipinski definition) is 0. The van der Waals surface area contributed by atoms with Gasteiger partial charge in [-0.1, -0.05) is 36.0 Å². The molecule has 2 heterocycles. The zero-order valence-electron chi connectivity index (χ0n) is 17.7. The monoisotopic (exact) mass is 476 g/mol. The molecule has 0 atom stereocenters. The van der Waals surface area contributed by atoms with E-state index in [0.717, 1.165) is 17.3 Å². The summed E-state index contributed by atoms with van der Waals surface area (Å²) in [6.07, 6.45) is 0.515. The Hall–Kier alpha value is -4.05. The lowest BCUT2D eigenvalue weighted by molar-refractivity contribution is -0.384. The molecule has 5 rings (SSSR count). The van der Waals surface area contributed by atoms with Crippen LogP contribution in [-0.2, 0) is 11.2 Å². The highest BCUT2D eigenvalue weighted by Crippen LogP contribution is 2.32. The average Bonchev–Trinajstić information content (AvgIpc) is 3.27. The van der Waals surface area contributed by atoms with Crippen LogP contribution in [0.15, 0.2) is 76.7 Å². The van der Waals surface area contributed by atoms with Crippen LogP contribution in [0.5, 0.6) is 0 Å². The second-order valence-electron chi connectivity index (χ2n) is 7.66. The Bertz CT molecular complexity index is 1520. The van der Waals surface area contributed by atoms with Gasteiger partial charge in [0.15, 0.2) is 5.16 Å². The Morgan fingerprint density at radius 1 is 1.09 bits per heavy atom. The summed E-state index contributed by atoms with van der Waals surface area (Å²) in [7, 11) is 0. The van der Waals surface area contributed by atoms with Crippen molar-refractivity contribution in [2.75, 3.05) is 17.2 Å². The standard InChI is InChI=1S/C24H17FN4O4S/c25-18-6-2-4-8-21(18)28-23(31)17-5-1-3-7-19(17)26-24(28)34-14-22(30)27-12-11-15-13-16(29(32)33)9-10-20(15)27/h1-10,13H,11-12,14H2. The number of thioether (sulfide) groups is 1. The van der Waals surface area contributed by atoms with Gasteiger partial charge in [0.05, 0.1) is 27.3 Å². The van der Waals surface area contributed by atoms with Crippen LogP contribution in [0.4, 0.5) is 15.8 Å². The van der Waals surface area contributed by atoms with E-state index < -0.39 is 16.3 Å². The number of amides is 1. The van der Waals surface area contributed by atoms with Gasteiger partial charge in [0.1, 0.15) is 5.82 Å². The molecule has 4 aromatic rings. The highest BCUT2D eigenvalue weighted by atomic mass is 32.2. The predicted molar refractivity (Wildman–Crippen MR) is 127 cm³/mol. The van der Waals surface area contributed by atoms with Gasteiger partial charge < -0.3 is 4.90 Å². The third-order valence-corrected chi connectivity index (χ3v) is 6.56. The fraction of sp³-hybridized carbons (Fsp3) is 0.125. The normalized spacial score (nSPS) is 12.7. The molecule has 0 aliphatic carbocycles. The van der Waals surface area contributed by atoms with Gasteiger partial charge in [-0.05, 0) is 42.3 Å². The number of anilines is 1. The van der Waals surface area contributed by atoms with E-state index in [1.165, 1.54) is 34.9 Å². The first-order valence-electron chi connectivity index (χ1n) is 10.4. The smallest absolute Gasteiger partial charge is 0.269 e. The first-order valence-corrected chi connectivity index (χ1v) is 11.4. The lowest BCUT2D eigenvalue weighted by Crippen LogP contribution is -2.31. The number of nitro groups is 1. The van der Waals surface area contributed by atoms with Gasteiger partial charge >= 0.3 is 0 Å². The lowest BCUT2D eigenvalue weighted by atomic mass is 10.1. The molecule has 0 bridgehead atoms. The van der Waals surface area contributed by atoms with Gasteiger partial charge in [-0.3, -0.25) is 24.3 Å². The van der Waals surface area contributed by atoms with Gasteiger partial charge in [0.25, 0.3) is 11.2 Å². The number of non-ortho nitro benzene ring substituents is 1. The van der Waals surface area contributed by atoms with Crippen molar-refractivity contribution in [2.45, 2.75) is 11.6 Å². The number of nitro benzene ring substituents is 1. The number of rotatable bonds is 5. The van der Waals surface area contributed by atoms with Gasteiger partial charge in [0.2, 0.25) is 5.91 Å². The molecule has 8 nitrogen and oxygen atoms in total. The number of hydrogen-bond acceptors (Lipinski definition) is 6. The van der Waals surface area contributed by atoms with Gasteiger partial charge in [-0.2, -0.15) is 0 Å². The Morgan fingerprint density at radius 2 is 1.85 bits per heavy atom. The highest BCUT2D eigenvalue weighted by molar-refractivity contribution is 7.99. The van der Waals surface area contributed by atoms with E-state index in [2.05, 4.69) is 4.98 Å². The quantitative estimate of drug-likeness (QED) is 0.186. The molecule has 0 radical (unpaired) electrons. The van der Waals surface area contributed by atoms with E-state index in [1.807, 2.05) is 0 Å². The number of benzene rings is 3. The molecule has 0 saturated carbocycles. The molecule has 0 N–H and O–H groups in total. The van der Waals surface area contributed by atoms with Crippen LogP contribution in [0.2, 0.25) is 0 Å². The minimum absolute atomic E-state index is 0.0170. The molecule has 10 heteroatoms. The van der Waals surface area contributed by atoms with Crippen LogP contribution in [-0.4, -0.2) is 32.7 Å². The molecular formula is C24H17FN4O4S. The molecule has 0 saturated heterocycles. The number of nitrogens with zero attached hydrogens (tertiary/aromatic N) is 4. The Balaban J connectivity index is 1.48. The van der Waals surface area contributed by atoms with Crippen molar-refractivity contribution >= 4 is 39.9 Å². The average molecular weight is 476 g/mol. The largest absolute Gasteiger partial charge is 0.311 e. The highest BCUT2D eigenvalue weighted by Gasteiger charge is 2.27. The van der Waals surface area contributed by atoms with E-state index in [-0.39, 0.29) is 28.2 Å². The van der Waals surface area contributed by atoms with Gasteiger partial charge in [0, 0.05) is 24.4 Å². The molecule has 3 aromatic carbocycles. The van der Waals surface area contributed by atoms with Crippen LogP contribution >= 0.6 is 11.8 Å². The van der Waals surface area contributed by atoms with Crippen LogP contribution in [0, 0.1) is 15.9 Å². The SMILES string of the molecule is O=C(CSc1nc2ccccc2c(=O)n1-c1ccccc1F)N1CCc2cc([N+](=O)[O-])ccc21. The van der Waals surface area contributed by atoms with Crippen LogP contribution in [0.3, 0.4) is 0 Å². The Morgan fingerprint density at radius 3 is 2.65 bits per heavy atom. The second-order valence-corrected chi connectivity index (χ2v) is 8.60. The van der Waals surface area contributed by atoms with Gasteiger partial charge in [-0.25, -0.2) is 9.37 Å². The third-order valence-electron chi connectivity index (χ3n) is 5.63. The zero-order valence-corrected chi connectivity index (χ0v) is 18.5. The van der Waals surface area contributed by atoms with Gasteiger partial charge in [-0.15, -0.1) is 0 Å². The second kappa shape index (κ2) is 8.71. The Labute approximate surface area is 196 Å². The summed E-state index contributed by atoms with van der Waals surface area (Å²) in [6.45, 7) is 0.404. The minimum atomic E-state index is -0.579. The fourth-order valence-corrected chi connectivity index (χ4v) is 4.90. The number of aromatic nitrogens is 2. The zero-order chi connectivity index (χ0) is 23.8. The number of carbonyl (C=O) groups excluding carboxylic acids is 1. The lowest BCUT2D eigenvalue weighted by Gasteiger charge is -2.18. The number of fused-ring (bicyclic) bond motifs is 2. The first-order chi connectivity index (χ1) is 16.4. The third kappa shape index (κ3) is 3.81. The van der Waals surface area contributed by atoms with E-state index in [0.29, 0.717) is 29.6 Å². The minimum Gasteiger partial charge on any atom is -0.311 e. The van der Waals surface area contributed by atoms with E-state index in [1.54, 1.807) is 41.3 Å². The summed E-state index contributed by atoms with van der Waals surface area (Å²) >= 11 is 1.04. The molecule has 1 amide bonds. The van der Waals surface area contributed by atoms with Crippen molar-refractivity contribution in [3.05, 3.63) is 98.6 Å². The van der Waals surface area contributed by atoms with Crippen LogP contribution in [0.1, 0.15) is 5.56 Å². The maximum Gasteiger partial charge on any atom is 0.269 e. The summed E-state index contributed by atoms with van der Waals surface area (Å²) < 4.78 is 15.8. The molecular weight excluding hydrogens is 459 g/mol. The first kappa shape index (κ1) is 21.8. The number of para-hydroxylation sites is 2.